The zero-order chi connectivity index (χ0) is 13.1. The van der Waals surface area contributed by atoms with Gasteiger partial charge in [-0.15, -0.1) is 0 Å². The van der Waals surface area contributed by atoms with Crippen molar-refractivity contribution in [3.63, 3.8) is 0 Å². The van der Waals surface area contributed by atoms with E-state index in [1.807, 2.05) is 22.9 Å². The van der Waals surface area contributed by atoms with Crippen LogP contribution in [0.4, 0.5) is 0 Å². The fourth-order valence-corrected chi connectivity index (χ4v) is 1.74. The number of fused-ring (bicyclic) bond motifs is 1. The number of nitriles is 1. The minimum Gasteiger partial charge on any atom is -0.478 e. The van der Waals surface area contributed by atoms with Crippen LogP contribution in [0.2, 0.25) is 0 Å². The Balaban J connectivity index is 2.37. The van der Waals surface area contributed by atoms with E-state index in [0.29, 0.717) is 17.7 Å². The first-order chi connectivity index (χ1) is 8.61. The minimum absolute atomic E-state index is 0.313. The summed E-state index contributed by atoms with van der Waals surface area (Å²) < 4.78 is 1.92. The topological polar surface area (TPSA) is 66.0 Å². The molecular weight excluding hydrogens is 228 g/mol. The van der Waals surface area contributed by atoms with E-state index in [1.165, 1.54) is 0 Å². The summed E-state index contributed by atoms with van der Waals surface area (Å²) >= 11 is 0. The largest absolute Gasteiger partial charge is 0.478 e. The summed E-state index contributed by atoms with van der Waals surface area (Å²) in [6, 6.07) is 9.50. The summed E-state index contributed by atoms with van der Waals surface area (Å²) in [4.78, 5) is 10.7. The van der Waals surface area contributed by atoms with Crippen molar-refractivity contribution < 1.29 is 9.90 Å². The van der Waals surface area contributed by atoms with Crippen molar-refractivity contribution in [3.8, 4) is 6.07 Å². The summed E-state index contributed by atoms with van der Waals surface area (Å²) in [6.07, 6.45) is 3.54. The molecule has 1 aromatic carbocycles. The summed E-state index contributed by atoms with van der Waals surface area (Å²) in [7, 11) is 0. The molecule has 0 spiro atoms. The maximum Gasteiger partial charge on any atom is 0.331 e. The van der Waals surface area contributed by atoms with Crippen molar-refractivity contribution in [3.05, 3.63) is 47.7 Å². The first-order valence-corrected chi connectivity index (χ1v) is 5.51. The summed E-state index contributed by atoms with van der Waals surface area (Å²) in [5.74, 6) is -0.913. The molecule has 0 atom stereocenters. The fraction of sp³-hybridized carbons (Fsp3) is 0.143. The highest BCUT2D eigenvalue weighted by molar-refractivity contribution is 5.86. The zero-order valence-electron chi connectivity index (χ0n) is 9.92. The predicted molar refractivity (Wildman–Crippen MR) is 68.0 cm³/mol. The molecule has 2 rings (SSSR count). The number of carbonyl (C=O) groups is 1. The van der Waals surface area contributed by atoms with Crippen LogP contribution in [0.3, 0.4) is 0 Å². The van der Waals surface area contributed by atoms with Gasteiger partial charge >= 0.3 is 5.97 Å². The van der Waals surface area contributed by atoms with E-state index >= 15 is 0 Å². The Morgan fingerprint density at radius 2 is 2.28 bits per heavy atom. The van der Waals surface area contributed by atoms with Gasteiger partial charge in [-0.2, -0.15) is 5.26 Å². The van der Waals surface area contributed by atoms with Gasteiger partial charge in [0.1, 0.15) is 0 Å². The molecule has 0 bridgehead atoms. The van der Waals surface area contributed by atoms with Gasteiger partial charge in [-0.3, -0.25) is 0 Å². The Labute approximate surface area is 104 Å². The molecule has 0 amide bonds. The highest BCUT2D eigenvalue weighted by Gasteiger charge is 2.03. The van der Waals surface area contributed by atoms with E-state index in [2.05, 4.69) is 6.07 Å². The summed E-state index contributed by atoms with van der Waals surface area (Å²) in [5, 5.41) is 18.7. The van der Waals surface area contributed by atoms with Gasteiger partial charge in [0, 0.05) is 23.8 Å². The molecular formula is C14H12N2O2. The number of benzene rings is 1. The molecule has 1 N–H and O–H groups in total. The van der Waals surface area contributed by atoms with Gasteiger partial charge in [0.25, 0.3) is 0 Å². The molecule has 2 aromatic rings. The average molecular weight is 240 g/mol. The Morgan fingerprint density at radius 1 is 1.50 bits per heavy atom. The number of aromatic nitrogens is 1. The van der Waals surface area contributed by atoms with Crippen molar-refractivity contribution in [2.75, 3.05) is 0 Å². The van der Waals surface area contributed by atoms with E-state index in [0.717, 1.165) is 10.9 Å². The monoisotopic (exact) mass is 240 g/mol. The van der Waals surface area contributed by atoms with Crippen molar-refractivity contribution in [1.82, 2.24) is 4.57 Å². The average Bonchev–Trinajstić information content (AvgIpc) is 2.77. The number of hydrogen-bond acceptors (Lipinski definition) is 2. The lowest BCUT2D eigenvalue weighted by molar-refractivity contribution is -0.132. The van der Waals surface area contributed by atoms with E-state index < -0.39 is 5.97 Å². The second-order valence-corrected chi connectivity index (χ2v) is 4.05. The van der Waals surface area contributed by atoms with Crippen LogP contribution in [0.15, 0.2) is 42.1 Å². The number of carboxylic acids is 1. The first-order valence-electron chi connectivity index (χ1n) is 5.51. The van der Waals surface area contributed by atoms with Gasteiger partial charge in [-0.1, -0.05) is 12.1 Å². The molecule has 4 heteroatoms. The lowest BCUT2D eigenvalue weighted by atomic mass is 10.2. The zero-order valence-corrected chi connectivity index (χ0v) is 9.92. The molecule has 0 aliphatic heterocycles. The normalized spacial score (nSPS) is 11.4. The quantitative estimate of drug-likeness (QED) is 0.838. The summed E-state index contributed by atoms with van der Waals surface area (Å²) in [5.41, 5.74) is 1.85. The highest BCUT2D eigenvalue weighted by atomic mass is 16.4. The number of carboxylic acid groups (broad SMARTS) is 1. The van der Waals surface area contributed by atoms with Crippen LogP contribution >= 0.6 is 0 Å². The van der Waals surface area contributed by atoms with Gasteiger partial charge in [0.05, 0.1) is 11.6 Å². The van der Waals surface area contributed by atoms with E-state index in [-0.39, 0.29) is 0 Å². The number of allylic oxidation sites excluding steroid dienone is 1. The van der Waals surface area contributed by atoms with Gasteiger partial charge in [0.2, 0.25) is 0 Å². The third-order valence-corrected chi connectivity index (χ3v) is 2.83. The molecule has 1 heterocycles. The molecule has 0 aliphatic rings. The molecule has 0 saturated heterocycles. The molecule has 1 aromatic heterocycles. The van der Waals surface area contributed by atoms with Crippen LogP contribution in [0, 0.1) is 11.3 Å². The number of hydrogen-bond donors (Lipinski definition) is 1. The predicted octanol–water partition coefficient (Wildman–Crippen LogP) is 2.54. The second-order valence-electron chi connectivity index (χ2n) is 4.05. The second kappa shape index (κ2) is 4.76. The van der Waals surface area contributed by atoms with Gasteiger partial charge < -0.3 is 9.67 Å². The van der Waals surface area contributed by atoms with Gasteiger partial charge in [-0.05, 0) is 30.5 Å². The lowest BCUT2D eigenvalue weighted by Crippen LogP contribution is -1.99. The highest BCUT2D eigenvalue weighted by Crippen LogP contribution is 2.17. The van der Waals surface area contributed by atoms with Gasteiger partial charge in [-0.25, -0.2) is 4.79 Å². The van der Waals surface area contributed by atoms with Crippen LogP contribution in [0.1, 0.15) is 12.5 Å². The number of aliphatic carboxylic acids is 1. The van der Waals surface area contributed by atoms with Crippen molar-refractivity contribution >= 4 is 16.9 Å². The van der Waals surface area contributed by atoms with Crippen LogP contribution in [0.25, 0.3) is 10.9 Å². The van der Waals surface area contributed by atoms with Crippen LogP contribution < -0.4 is 0 Å². The molecule has 0 radical (unpaired) electrons. The standard InChI is InChI=1S/C14H12N2O2/c1-10(14(17)18)4-6-16-7-5-12-3-2-11(9-15)8-13(12)16/h2-5,7-8H,6H2,1H3,(H,17,18)/b10-4-. The molecule has 4 nitrogen and oxygen atoms in total. The Kier molecular flexibility index (Phi) is 3.16. The number of rotatable bonds is 3. The smallest absolute Gasteiger partial charge is 0.331 e. The van der Waals surface area contributed by atoms with Crippen LogP contribution in [-0.4, -0.2) is 15.6 Å². The molecule has 0 saturated carbocycles. The van der Waals surface area contributed by atoms with Crippen LogP contribution in [0.5, 0.6) is 0 Å². The van der Waals surface area contributed by atoms with Crippen molar-refractivity contribution in [2.24, 2.45) is 0 Å². The minimum atomic E-state index is -0.913. The fourth-order valence-electron chi connectivity index (χ4n) is 1.74. The maximum atomic E-state index is 10.7. The van der Waals surface area contributed by atoms with Crippen molar-refractivity contribution in [1.29, 1.82) is 5.26 Å². The van der Waals surface area contributed by atoms with Crippen LogP contribution in [-0.2, 0) is 11.3 Å². The third kappa shape index (κ3) is 2.25. The maximum absolute atomic E-state index is 10.7. The molecule has 0 unspecified atom stereocenters. The van der Waals surface area contributed by atoms with E-state index in [1.54, 1.807) is 25.1 Å². The van der Waals surface area contributed by atoms with E-state index in [9.17, 15) is 4.79 Å². The Morgan fingerprint density at radius 3 is 2.94 bits per heavy atom. The van der Waals surface area contributed by atoms with Gasteiger partial charge in [0.15, 0.2) is 0 Å². The molecule has 0 fully saturated rings. The SMILES string of the molecule is C/C(=C/Cn1ccc2ccc(C#N)cc21)C(=O)O. The summed E-state index contributed by atoms with van der Waals surface area (Å²) in [6.45, 7) is 2.05. The van der Waals surface area contributed by atoms with E-state index in [4.69, 9.17) is 10.4 Å². The Bertz CT molecular complexity index is 675. The molecule has 0 aliphatic carbocycles. The molecule has 18 heavy (non-hydrogen) atoms. The van der Waals surface area contributed by atoms with Crippen molar-refractivity contribution in [2.45, 2.75) is 13.5 Å². The first kappa shape index (κ1) is 11.9. The third-order valence-electron chi connectivity index (χ3n) is 2.83. The number of nitrogens with zero attached hydrogens (tertiary/aromatic N) is 2. The lowest BCUT2D eigenvalue weighted by Gasteiger charge is -2.02. The Hall–Kier alpha value is -2.54. The molecule has 90 valence electrons.